The summed E-state index contributed by atoms with van der Waals surface area (Å²) in [4.78, 5) is 25.4. The molecule has 1 aliphatic heterocycles. The fourth-order valence-electron chi connectivity index (χ4n) is 2.85. The van der Waals surface area contributed by atoms with E-state index < -0.39 is 0 Å². The van der Waals surface area contributed by atoms with E-state index in [2.05, 4.69) is 30.1 Å². The molecule has 0 atom stereocenters. The molecule has 3 aromatic rings. The molecule has 0 bridgehead atoms. The van der Waals surface area contributed by atoms with Crippen molar-refractivity contribution < 1.29 is 0 Å². The Labute approximate surface area is 138 Å². The number of piperazine rings is 1. The van der Waals surface area contributed by atoms with Gasteiger partial charge < -0.3 is 4.90 Å². The van der Waals surface area contributed by atoms with Gasteiger partial charge in [-0.25, -0.2) is 9.97 Å². The highest BCUT2D eigenvalue weighted by atomic mass is 16.1. The van der Waals surface area contributed by atoms with Crippen LogP contribution in [0.5, 0.6) is 0 Å². The van der Waals surface area contributed by atoms with Crippen molar-refractivity contribution in [1.29, 1.82) is 0 Å². The number of fused-ring (bicyclic) bond motifs is 1. The van der Waals surface area contributed by atoms with E-state index in [4.69, 9.17) is 0 Å². The maximum Gasteiger partial charge on any atom is 0.278 e. The summed E-state index contributed by atoms with van der Waals surface area (Å²) in [5.74, 6) is 0.750. The van der Waals surface area contributed by atoms with Gasteiger partial charge in [-0.1, -0.05) is 17.3 Å². The second-order valence-electron chi connectivity index (χ2n) is 5.71. The second kappa shape index (κ2) is 6.32. The van der Waals surface area contributed by atoms with E-state index in [9.17, 15) is 4.79 Å². The molecule has 8 heteroatoms. The Morgan fingerprint density at radius 1 is 0.958 bits per heavy atom. The van der Waals surface area contributed by atoms with Crippen LogP contribution in [-0.4, -0.2) is 56.0 Å². The van der Waals surface area contributed by atoms with E-state index in [0.29, 0.717) is 17.6 Å². The van der Waals surface area contributed by atoms with Gasteiger partial charge in [0.1, 0.15) is 5.52 Å². The van der Waals surface area contributed by atoms with Gasteiger partial charge in [-0.2, -0.15) is 4.68 Å². The molecule has 8 nitrogen and oxygen atoms in total. The molecule has 0 amide bonds. The predicted octanol–water partition coefficient (Wildman–Crippen LogP) is 0.361. The molecule has 0 saturated carbocycles. The number of benzene rings is 1. The fraction of sp³-hybridized carbons (Fsp3) is 0.312. The van der Waals surface area contributed by atoms with Gasteiger partial charge in [0.2, 0.25) is 5.95 Å². The van der Waals surface area contributed by atoms with Crippen LogP contribution in [0, 0.1) is 0 Å². The molecular formula is C16H17N7O. The molecule has 24 heavy (non-hydrogen) atoms. The zero-order valence-corrected chi connectivity index (χ0v) is 13.1. The van der Waals surface area contributed by atoms with E-state index in [-0.39, 0.29) is 5.56 Å². The first-order chi connectivity index (χ1) is 11.8. The SMILES string of the molecule is O=c1c2ccccc2nnn1CN1CCN(c2ncccn2)CC1. The minimum absolute atomic E-state index is 0.102. The second-order valence-corrected chi connectivity index (χ2v) is 5.71. The van der Waals surface area contributed by atoms with E-state index in [0.717, 1.165) is 32.1 Å². The van der Waals surface area contributed by atoms with Crippen molar-refractivity contribution in [2.45, 2.75) is 6.67 Å². The van der Waals surface area contributed by atoms with Crippen LogP contribution >= 0.6 is 0 Å². The zero-order valence-electron chi connectivity index (χ0n) is 13.1. The molecule has 0 N–H and O–H groups in total. The average Bonchev–Trinajstić information content (AvgIpc) is 2.66. The summed E-state index contributed by atoms with van der Waals surface area (Å²) in [7, 11) is 0. The Morgan fingerprint density at radius 3 is 2.50 bits per heavy atom. The van der Waals surface area contributed by atoms with Crippen LogP contribution in [0.25, 0.3) is 10.9 Å². The van der Waals surface area contributed by atoms with Crippen molar-refractivity contribution in [2.24, 2.45) is 0 Å². The van der Waals surface area contributed by atoms with Gasteiger partial charge in [-0.15, -0.1) is 5.10 Å². The summed E-state index contributed by atoms with van der Waals surface area (Å²) in [6.07, 6.45) is 3.50. The molecule has 4 rings (SSSR count). The quantitative estimate of drug-likeness (QED) is 0.688. The van der Waals surface area contributed by atoms with Crippen LogP contribution in [0.1, 0.15) is 0 Å². The summed E-state index contributed by atoms with van der Waals surface area (Å²) >= 11 is 0. The van der Waals surface area contributed by atoms with Crippen molar-refractivity contribution in [2.75, 3.05) is 31.1 Å². The highest BCUT2D eigenvalue weighted by Gasteiger charge is 2.19. The van der Waals surface area contributed by atoms with Crippen LogP contribution in [0.2, 0.25) is 0 Å². The number of aromatic nitrogens is 5. The summed E-state index contributed by atoms with van der Waals surface area (Å²) in [6.45, 7) is 3.72. The Morgan fingerprint density at radius 2 is 1.71 bits per heavy atom. The van der Waals surface area contributed by atoms with Gasteiger partial charge in [0.15, 0.2) is 0 Å². The third kappa shape index (κ3) is 2.83. The van der Waals surface area contributed by atoms with Crippen molar-refractivity contribution in [3.8, 4) is 0 Å². The summed E-state index contributed by atoms with van der Waals surface area (Å²) in [5.41, 5.74) is 0.527. The first-order valence-corrected chi connectivity index (χ1v) is 7.88. The standard InChI is InChI=1S/C16H17N7O/c24-15-13-4-1-2-5-14(13)19-20-23(15)12-21-8-10-22(11-9-21)16-17-6-3-7-18-16/h1-7H,8-12H2. The zero-order chi connectivity index (χ0) is 16.4. The average molecular weight is 323 g/mol. The van der Waals surface area contributed by atoms with Gasteiger partial charge in [-0.3, -0.25) is 9.69 Å². The lowest BCUT2D eigenvalue weighted by molar-refractivity contribution is 0.188. The molecule has 0 spiro atoms. The summed E-state index contributed by atoms with van der Waals surface area (Å²) < 4.78 is 1.43. The van der Waals surface area contributed by atoms with Crippen LogP contribution < -0.4 is 10.5 Å². The monoisotopic (exact) mass is 323 g/mol. The number of rotatable bonds is 3. The molecular weight excluding hydrogens is 306 g/mol. The Balaban J connectivity index is 1.46. The third-order valence-electron chi connectivity index (χ3n) is 4.17. The number of nitrogens with zero attached hydrogens (tertiary/aromatic N) is 7. The number of hydrogen-bond donors (Lipinski definition) is 0. The van der Waals surface area contributed by atoms with E-state index in [1.165, 1.54) is 4.68 Å². The van der Waals surface area contributed by atoms with Crippen LogP contribution in [0.4, 0.5) is 5.95 Å². The van der Waals surface area contributed by atoms with Crippen molar-refractivity contribution >= 4 is 16.9 Å². The molecule has 1 aliphatic rings. The van der Waals surface area contributed by atoms with Crippen molar-refractivity contribution in [3.63, 3.8) is 0 Å². The van der Waals surface area contributed by atoms with E-state index >= 15 is 0 Å². The minimum Gasteiger partial charge on any atom is -0.338 e. The minimum atomic E-state index is -0.102. The molecule has 2 aromatic heterocycles. The molecule has 122 valence electrons. The lowest BCUT2D eigenvalue weighted by Crippen LogP contribution is -2.48. The molecule has 1 fully saturated rings. The summed E-state index contributed by atoms with van der Waals surface area (Å²) in [6, 6.07) is 9.09. The van der Waals surface area contributed by atoms with Crippen molar-refractivity contribution in [3.05, 3.63) is 53.1 Å². The van der Waals surface area contributed by atoms with Gasteiger partial charge in [0, 0.05) is 38.6 Å². The predicted molar refractivity (Wildman–Crippen MR) is 89.6 cm³/mol. The number of anilines is 1. The Hall–Kier alpha value is -2.87. The highest BCUT2D eigenvalue weighted by molar-refractivity contribution is 5.76. The van der Waals surface area contributed by atoms with Gasteiger partial charge >= 0.3 is 0 Å². The topological polar surface area (TPSA) is 80.0 Å². The van der Waals surface area contributed by atoms with Gasteiger partial charge in [0.25, 0.3) is 5.56 Å². The van der Waals surface area contributed by atoms with Gasteiger partial charge in [0.05, 0.1) is 12.1 Å². The Kier molecular flexibility index (Phi) is 3.87. The lowest BCUT2D eigenvalue weighted by Gasteiger charge is -2.34. The largest absolute Gasteiger partial charge is 0.338 e. The summed E-state index contributed by atoms with van der Waals surface area (Å²) in [5, 5.41) is 8.78. The lowest BCUT2D eigenvalue weighted by atomic mass is 10.2. The third-order valence-corrected chi connectivity index (χ3v) is 4.17. The molecule has 0 radical (unpaired) electrons. The van der Waals surface area contributed by atoms with Crippen molar-refractivity contribution in [1.82, 2.24) is 29.9 Å². The Bertz CT molecular complexity index is 888. The number of hydrogen-bond acceptors (Lipinski definition) is 7. The smallest absolute Gasteiger partial charge is 0.278 e. The maximum absolute atomic E-state index is 12.5. The van der Waals surface area contributed by atoms with Crippen LogP contribution in [0.3, 0.4) is 0 Å². The molecule has 0 unspecified atom stereocenters. The molecule has 1 saturated heterocycles. The molecule has 3 heterocycles. The van der Waals surface area contributed by atoms with Crippen LogP contribution in [0.15, 0.2) is 47.5 Å². The maximum atomic E-state index is 12.5. The fourth-order valence-corrected chi connectivity index (χ4v) is 2.85. The van der Waals surface area contributed by atoms with E-state index in [1.54, 1.807) is 24.5 Å². The molecule has 1 aromatic carbocycles. The van der Waals surface area contributed by atoms with Gasteiger partial charge in [-0.05, 0) is 18.2 Å². The highest BCUT2D eigenvalue weighted by Crippen LogP contribution is 2.10. The van der Waals surface area contributed by atoms with Crippen LogP contribution in [-0.2, 0) is 6.67 Å². The van der Waals surface area contributed by atoms with E-state index in [1.807, 2.05) is 18.2 Å². The molecule has 0 aliphatic carbocycles. The first kappa shape index (κ1) is 14.7. The normalized spacial score (nSPS) is 15.8. The first-order valence-electron chi connectivity index (χ1n) is 7.88.